The fraction of sp³-hybridized carbons (Fsp3) is 0.318. The summed E-state index contributed by atoms with van der Waals surface area (Å²) in [4.78, 5) is 4.63. The molecule has 0 aliphatic carbocycles. The van der Waals surface area contributed by atoms with E-state index in [1.54, 1.807) is 0 Å². The average Bonchev–Trinajstić information content (AvgIpc) is 2.55. The Morgan fingerprint density at radius 2 is 1.70 bits per heavy atom. The molecule has 2 rings (SSSR count). The van der Waals surface area contributed by atoms with Gasteiger partial charge in [0.1, 0.15) is 0 Å². The molecule has 0 fully saturated rings. The first-order valence-corrected chi connectivity index (χ1v) is 8.33. The van der Waals surface area contributed by atoms with E-state index in [1.807, 2.05) is 18.2 Å². The van der Waals surface area contributed by atoms with Gasteiger partial charge in [-0.1, -0.05) is 49.7 Å². The molecular formula is C22H25N. The summed E-state index contributed by atoms with van der Waals surface area (Å²) in [5.74, 6) is 3.19. The van der Waals surface area contributed by atoms with Crippen LogP contribution in [-0.4, -0.2) is 5.71 Å². The fourth-order valence-electron chi connectivity index (χ4n) is 2.53. The molecular weight excluding hydrogens is 278 g/mol. The summed E-state index contributed by atoms with van der Waals surface area (Å²) in [5, 5.41) is 0. The lowest BCUT2D eigenvalue weighted by Gasteiger charge is -2.10. The summed E-state index contributed by atoms with van der Waals surface area (Å²) in [6.45, 7) is 8.60. The summed E-state index contributed by atoms with van der Waals surface area (Å²) in [5.41, 5.74) is 7.19. The minimum Gasteiger partial charge on any atom is -0.201 e. The average molecular weight is 303 g/mol. The molecule has 2 aromatic rings. The van der Waals surface area contributed by atoms with Crippen LogP contribution in [0.3, 0.4) is 0 Å². The molecule has 0 saturated carbocycles. The van der Waals surface area contributed by atoms with Crippen LogP contribution >= 0.6 is 0 Å². The molecule has 0 saturated heterocycles. The third kappa shape index (κ3) is 4.57. The molecule has 0 bridgehead atoms. The van der Waals surface area contributed by atoms with Crippen molar-refractivity contribution in [2.24, 2.45) is 4.99 Å². The van der Waals surface area contributed by atoms with Gasteiger partial charge in [0, 0.05) is 11.6 Å². The largest absolute Gasteiger partial charge is 0.201 e. The van der Waals surface area contributed by atoms with Gasteiger partial charge in [0.2, 0.25) is 0 Å². The van der Waals surface area contributed by atoms with Crippen molar-refractivity contribution in [1.82, 2.24) is 0 Å². The van der Waals surface area contributed by atoms with Crippen molar-refractivity contribution in [2.75, 3.05) is 0 Å². The zero-order chi connectivity index (χ0) is 16.7. The van der Waals surface area contributed by atoms with Gasteiger partial charge in [0.05, 0.1) is 5.71 Å². The van der Waals surface area contributed by atoms with Crippen LogP contribution in [-0.2, 0) is 0 Å². The predicted octanol–water partition coefficient (Wildman–Crippen LogP) is 5.60. The standard InChI is InChI=1S/C22H25N/c1-5-6-14-22(21-13-9-11-17(2)19(21)4)23-16-15-20-12-8-7-10-18(20)3/h7-13H,5-6,14H2,1-4H3. The molecule has 0 spiro atoms. The van der Waals surface area contributed by atoms with Crippen LogP contribution in [0, 0.1) is 32.7 Å². The Balaban J connectivity index is 2.36. The molecule has 0 aliphatic heterocycles. The van der Waals surface area contributed by atoms with Gasteiger partial charge in [0.15, 0.2) is 0 Å². The molecule has 2 aromatic carbocycles. The molecule has 0 aliphatic rings. The molecule has 1 nitrogen and oxygen atoms in total. The Kier molecular flexibility index (Phi) is 6.18. The summed E-state index contributed by atoms with van der Waals surface area (Å²) < 4.78 is 0. The minimum absolute atomic E-state index is 0.975. The SMILES string of the molecule is CCCCC(=NC#Cc1ccccc1C)c1cccc(C)c1C. The van der Waals surface area contributed by atoms with E-state index in [4.69, 9.17) is 0 Å². The van der Waals surface area contributed by atoms with Crippen molar-refractivity contribution in [3.8, 4) is 12.0 Å². The number of rotatable bonds is 4. The number of benzene rings is 2. The zero-order valence-electron chi connectivity index (χ0n) is 14.6. The number of nitrogens with zero attached hydrogens (tertiary/aromatic N) is 1. The Bertz CT molecular complexity index is 757. The first-order chi connectivity index (χ1) is 11.1. The highest BCUT2D eigenvalue weighted by molar-refractivity contribution is 6.02. The summed E-state index contributed by atoms with van der Waals surface area (Å²) >= 11 is 0. The molecule has 1 heteroatoms. The highest BCUT2D eigenvalue weighted by atomic mass is 14.7. The third-order valence-electron chi connectivity index (χ3n) is 4.21. The highest BCUT2D eigenvalue weighted by Crippen LogP contribution is 2.17. The van der Waals surface area contributed by atoms with Gasteiger partial charge < -0.3 is 0 Å². The zero-order valence-corrected chi connectivity index (χ0v) is 14.6. The van der Waals surface area contributed by atoms with Crippen molar-refractivity contribution in [3.05, 3.63) is 70.3 Å². The first-order valence-electron chi connectivity index (χ1n) is 8.33. The van der Waals surface area contributed by atoms with E-state index in [0.717, 1.165) is 30.5 Å². The molecule has 0 heterocycles. The minimum atomic E-state index is 0.975. The summed E-state index contributed by atoms with van der Waals surface area (Å²) in [6.07, 6.45) is 3.27. The summed E-state index contributed by atoms with van der Waals surface area (Å²) in [6, 6.07) is 17.6. The second-order valence-corrected chi connectivity index (χ2v) is 5.96. The third-order valence-corrected chi connectivity index (χ3v) is 4.21. The van der Waals surface area contributed by atoms with E-state index in [1.165, 1.54) is 22.3 Å². The van der Waals surface area contributed by atoms with E-state index in [0.29, 0.717) is 0 Å². The maximum atomic E-state index is 4.63. The molecule has 0 aromatic heterocycles. The second-order valence-electron chi connectivity index (χ2n) is 5.96. The molecule has 0 N–H and O–H groups in total. The highest BCUT2D eigenvalue weighted by Gasteiger charge is 2.07. The normalized spacial score (nSPS) is 11.0. The number of aryl methyl sites for hydroxylation is 2. The van der Waals surface area contributed by atoms with E-state index in [9.17, 15) is 0 Å². The van der Waals surface area contributed by atoms with Crippen molar-refractivity contribution < 1.29 is 0 Å². The van der Waals surface area contributed by atoms with Crippen LogP contribution in [0.4, 0.5) is 0 Å². The van der Waals surface area contributed by atoms with Crippen LogP contribution in [0.15, 0.2) is 47.5 Å². The van der Waals surface area contributed by atoms with E-state index in [2.05, 4.69) is 68.9 Å². The van der Waals surface area contributed by atoms with Gasteiger partial charge in [-0.3, -0.25) is 0 Å². The smallest absolute Gasteiger partial charge is 0.0586 e. The number of hydrogen-bond acceptors (Lipinski definition) is 1. The van der Waals surface area contributed by atoms with Gasteiger partial charge in [-0.15, -0.1) is 0 Å². The molecule has 0 unspecified atom stereocenters. The lowest BCUT2D eigenvalue weighted by molar-refractivity contribution is 0.835. The van der Waals surface area contributed by atoms with Gasteiger partial charge in [-0.05, 0) is 67.9 Å². The second kappa shape index (κ2) is 8.34. The molecule has 0 amide bonds. The van der Waals surface area contributed by atoms with Crippen LogP contribution in [0.5, 0.6) is 0 Å². The quantitative estimate of drug-likeness (QED) is 0.515. The van der Waals surface area contributed by atoms with Crippen LogP contribution in [0.1, 0.15) is 54.0 Å². The number of aliphatic imine (C=N–C) groups is 1. The summed E-state index contributed by atoms with van der Waals surface area (Å²) in [7, 11) is 0. The van der Waals surface area contributed by atoms with Crippen molar-refractivity contribution >= 4 is 5.71 Å². The van der Waals surface area contributed by atoms with Gasteiger partial charge in [0.25, 0.3) is 0 Å². The van der Waals surface area contributed by atoms with Gasteiger partial charge in [-0.25, -0.2) is 4.99 Å². The van der Waals surface area contributed by atoms with E-state index < -0.39 is 0 Å². The van der Waals surface area contributed by atoms with Gasteiger partial charge in [-0.2, -0.15) is 0 Å². The van der Waals surface area contributed by atoms with Gasteiger partial charge >= 0.3 is 0 Å². The lowest BCUT2D eigenvalue weighted by Crippen LogP contribution is -2.04. The molecule has 0 atom stereocenters. The lowest BCUT2D eigenvalue weighted by atomic mass is 9.97. The molecule has 23 heavy (non-hydrogen) atoms. The van der Waals surface area contributed by atoms with Crippen LogP contribution in [0.2, 0.25) is 0 Å². The van der Waals surface area contributed by atoms with Crippen LogP contribution < -0.4 is 0 Å². The molecule has 118 valence electrons. The Morgan fingerprint density at radius 1 is 0.957 bits per heavy atom. The molecule has 0 radical (unpaired) electrons. The fourth-order valence-corrected chi connectivity index (χ4v) is 2.53. The van der Waals surface area contributed by atoms with Crippen molar-refractivity contribution in [1.29, 1.82) is 0 Å². The number of unbranched alkanes of at least 4 members (excludes halogenated alkanes) is 1. The topological polar surface area (TPSA) is 12.4 Å². The Labute approximate surface area is 140 Å². The maximum Gasteiger partial charge on any atom is 0.0586 e. The van der Waals surface area contributed by atoms with E-state index >= 15 is 0 Å². The maximum absolute atomic E-state index is 4.63. The van der Waals surface area contributed by atoms with Crippen molar-refractivity contribution in [2.45, 2.75) is 47.0 Å². The van der Waals surface area contributed by atoms with E-state index in [-0.39, 0.29) is 0 Å². The van der Waals surface area contributed by atoms with Crippen LogP contribution in [0.25, 0.3) is 0 Å². The number of hydrogen-bond donors (Lipinski definition) is 0. The Morgan fingerprint density at radius 3 is 2.43 bits per heavy atom. The monoisotopic (exact) mass is 303 g/mol. The van der Waals surface area contributed by atoms with Crippen molar-refractivity contribution in [3.63, 3.8) is 0 Å². The Hall–Kier alpha value is -2.33. The first kappa shape index (κ1) is 17.0. The predicted molar refractivity (Wildman–Crippen MR) is 100 cm³/mol.